The highest BCUT2D eigenvalue weighted by atomic mass is 127. The van der Waals surface area contributed by atoms with Gasteiger partial charge in [-0.05, 0) is 91.8 Å². The van der Waals surface area contributed by atoms with Gasteiger partial charge in [-0.1, -0.05) is 30.7 Å². The Hall–Kier alpha value is -0.350. The minimum Gasteiger partial charge on any atom is -0.313 e. The van der Waals surface area contributed by atoms with E-state index in [1.165, 1.54) is 47.7 Å². The van der Waals surface area contributed by atoms with E-state index in [2.05, 4.69) is 65.2 Å². The van der Waals surface area contributed by atoms with Crippen molar-refractivity contribution in [2.75, 3.05) is 6.54 Å². The molecule has 110 valence electrons. The summed E-state index contributed by atoms with van der Waals surface area (Å²) in [5.74, 6) is 0. The van der Waals surface area contributed by atoms with Crippen LogP contribution in [0.5, 0.6) is 0 Å². The van der Waals surface area contributed by atoms with Gasteiger partial charge in [-0.3, -0.25) is 0 Å². The molecular weight excluding hydrogens is 357 g/mol. The first-order valence-electron chi connectivity index (χ1n) is 7.93. The Labute approximate surface area is 137 Å². The summed E-state index contributed by atoms with van der Waals surface area (Å²) in [7, 11) is 0. The average molecular weight is 383 g/mol. The molecule has 20 heavy (non-hydrogen) atoms. The van der Waals surface area contributed by atoms with Gasteiger partial charge < -0.3 is 5.32 Å². The van der Waals surface area contributed by atoms with Crippen molar-refractivity contribution in [2.24, 2.45) is 0 Å². The van der Waals surface area contributed by atoms with Crippen molar-refractivity contribution in [3.63, 3.8) is 0 Å². The summed E-state index contributed by atoms with van der Waals surface area (Å²) < 4.78 is 1.32. The molecule has 1 aliphatic rings. The van der Waals surface area contributed by atoms with Crippen LogP contribution in [0.25, 0.3) is 0 Å². The Morgan fingerprint density at radius 3 is 2.60 bits per heavy atom. The van der Waals surface area contributed by atoms with Crippen LogP contribution in [0.4, 0.5) is 0 Å². The molecule has 0 amide bonds. The Balaban J connectivity index is 1.95. The molecule has 0 fully saturated rings. The lowest BCUT2D eigenvalue weighted by molar-refractivity contribution is 0.490. The van der Waals surface area contributed by atoms with Crippen molar-refractivity contribution in [3.05, 3.63) is 45.0 Å². The van der Waals surface area contributed by atoms with Gasteiger partial charge in [-0.2, -0.15) is 0 Å². The summed E-state index contributed by atoms with van der Waals surface area (Å²) in [6.07, 6.45) is 11.4. The number of allylic oxidation sites excluding steroid dienone is 1. The SMILES string of the molecule is CCCNC(CC1=CCCCC1)Cc1ccc(I)cc1. The molecule has 1 aromatic rings. The van der Waals surface area contributed by atoms with Crippen molar-refractivity contribution in [3.8, 4) is 0 Å². The van der Waals surface area contributed by atoms with E-state index in [1.54, 1.807) is 5.57 Å². The zero-order chi connectivity index (χ0) is 14.2. The third-order valence-corrected chi connectivity index (χ3v) is 4.69. The Morgan fingerprint density at radius 1 is 1.15 bits per heavy atom. The van der Waals surface area contributed by atoms with E-state index < -0.39 is 0 Å². The van der Waals surface area contributed by atoms with Gasteiger partial charge in [0.2, 0.25) is 0 Å². The maximum absolute atomic E-state index is 3.74. The highest BCUT2D eigenvalue weighted by molar-refractivity contribution is 14.1. The average Bonchev–Trinajstić information content (AvgIpc) is 2.48. The van der Waals surface area contributed by atoms with E-state index in [0.29, 0.717) is 6.04 Å². The van der Waals surface area contributed by atoms with Gasteiger partial charge in [-0.25, -0.2) is 0 Å². The van der Waals surface area contributed by atoms with Crippen LogP contribution in [0.3, 0.4) is 0 Å². The molecule has 1 nitrogen and oxygen atoms in total. The minimum atomic E-state index is 0.597. The first-order chi connectivity index (χ1) is 9.78. The van der Waals surface area contributed by atoms with Crippen molar-refractivity contribution >= 4 is 22.6 Å². The monoisotopic (exact) mass is 383 g/mol. The lowest BCUT2D eigenvalue weighted by Gasteiger charge is -2.22. The van der Waals surface area contributed by atoms with Crippen LogP contribution in [-0.4, -0.2) is 12.6 Å². The zero-order valence-electron chi connectivity index (χ0n) is 12.5. The van der Waals surface area contributed by atoms with E-state index in [4.69, 9.17) is 0 Å². The largest absolute Gasteiger partial charge is 0.313 e. The van der Waals surface area contributed by atoms with E-state index in [-0.39, 0.29) is 0 Å². The van der Waals surface area contributed by atoms with Gasteiger partial charge in [0.05, 0.1) is 0 Å². The molecule has 0 aromatic heterocycles. The second kappa shape index (κ2) is 8.83. The lowest BCUT2D eigenvalue weighted by atomic mass is 9.92. The fraction of sp³-hybridized carbons (Fsp3) is 0.556. The number of hydrogen-bond donors (Lipinski definition) is 1. The molecule has 2 heteroatoms. The maximum Gasteiger partial charge on any atom is 0.0145 e. The normalized spacial score (nSPS) is 16.8. The molecule has 0 saturated heterocycles. The first kappa shape index (κ1) is 16.0. The molecule has 0 heterocycles. The summed E-state index contributed by atoms with van der Waals surface area (Å²) in [5, 5.41) is 3.74. The second-order valence-electron chi connectivity index (χ2n) is 5.79. The summed E-state index contributed by atoms with van der Waals surface area (Å²) in [6.45, 7) is 3.37. The molecule has 0 saturated carbocycles. The smallest absolute Gasteiger partial charge is 0.0145 e. The molecule has 1 aliphatic carbocycles. The van der Waals surface area contributed by atoms with Gasteiger partial charge in [0.25, 0.3) is 0 Å². The number of hydrogen-bond acceptors (Lipinski definition) is 1. The molecule has 0 spiro atoms. The molecule has 0 bridgehead atoms. The van der Waals surface area contributed by atoms with Crippen molar-refractivity contribution < 1.29 is 0 Å². The van der Waals surface area contributed by atoms with E-state index in [9.17, 15) is 0 Å². The van der Waals surface area contributed by atoms with Gasteiger partial charge in [0.15, 0.2) is 0 Å². The standard InChI is InChI=1S/C18H26IN/c1-2-12-20-18(13-15-6-4-3-5-7-15)14-16-8-10-17(19)11-9-16/h6,8-11,18,20H,2-5,7,12-14H2,1H3. The molecule has 1 atom stereocenters. The van der Waals surface area contributed by atoms with E-state index in [1.807, 2.05) is 0 Å². The predicted octanol–water partition coefficient (Wildman–Crippen LogP) is 5.09. The van der Waals surface area contributed by atoms with Gasteiger partial charge in [-0.15, -0.1) is 0 Å². The molecule has 0 aliphatic heterocycles. The fourth-order valence-corrected chi connectivity index (χ4v) is 3.24. The maximum atomic E-state index is 3.74. The number of benzene rings is 1. The number of nitrogens with one attached hydrogen (secondary N) is 1. The Kier molecular flexibility index (Phi) is 7.08. The van der Waals surface area contributed by atoms with Crippen LogP contribution in [-0.2, 0) is 6.42 Å². The molecule has 1 aromatic carbocycles. The highest BCUT2D eigenvalue weighted by Crippen LogP contribution is 2.22. The van der Waals surface area contributed by atoms with Crippen molar-refractivity contribution in [1.29, 1.82) is 0 Å². The molecule has 2 rings (SSSR count). The highest BCUT2D eigenvalue weighted by Gasteiger charge is 2.13. The molecule has 1 N–H and O–H groups in total. The second-order valence-corrected chi connectivity index (χ2v) is 7.04. The van der Waals surface area contributed by atoms with Gasteiger partial charge >= 0.3 is 0 Å². The molecule has 0 radical (unpaired) electrons. The van der Waals surface area contributed by atoms with Gasteiger partial charge in [0, 0.05) is 9.61 Å². The summed E-state index contributed by atoms with van der Waals surface area (Å²) >= 11 is 2.37. The quantitative estimate of drug-likeness (QED) is 0.511. The molecule has 1 unspecified atom stereocenters. The number of halogens is 1. The van der Waals surface area contributed by atoms with Gasteiger partial charge in [0.1, 0.15) is 0 Å². The Bertz CT molecular complexity index is 422. The van der Waals surface area contributed by atoms with Crippen LogP contribution < -0.4 is 5.32 Å². The summed E-state index contributed by atoms with van der Waals surface area (Å²) in [6, 6.07) is 9.58. The lowest BCUT2D eigenvalue weighted by Crippen LogP contribution is -2.32. The Morgan fingerprint density at radius 2 is 1.95 bits per heavy atom. The third-order valence-electron chi connectivity index (χ3n) is 3.97. The summed E-state index contributed by atoms with van der Waals surface area (Å²) in [4.78, 5) is 0. The minimum absolute atomic E-state index is 0.597. The molecular formula is C18H26IN. The van der Waals surface area contributed by atoms with E-state index in [0.717, 1.165) is 13.0 Å². The van der Waals surface area contributed by atoms with Crippen LogP contribution >= 0.6 is 22.6 Å². The van der Waals surface area contributed by atoms with E-state index >= 15 is 0 Å². The van der Waals surface area contributed by atoms with Crippen LogP contribution in [0.15, 0.2) is 35.9 Å². The first-order valence-corrected chi connectivity index (χ1v) is 9.01. The summed E-state index contributed by atoms with van der Waals surface area (Å²) in [5.41, 5.74) is 3.13. The van der Waals surface area contributed by atoms with Crippen LogP contribution in [0.2, 0.25) is 0 Å². The van der Waals surface area contributed by atoms with Crippen molar-refractivity contribution in [1.82, 2.24) is 5.32 Å². The fourth-order valence-electron chi connectivity index (χ4n) is 2.88. The topological polar surface area (TPSA) is 12.0 Å². The number of rotatable bonds is 7. The van der Waals surface area contributed by atoms with Crippen LogP contribution in [0.1, 0.15) is 51.0 Å². The van der Waals surface area contributed by atoms with Crippen LogP contribution in [0, 0.1) is 3.57 Å². The third kappa shape index (κ3) is 5.57. The zero-order valence-corrected chi connectivity index (χ0v) is 14.7. The van der Waals surface area contributed by atoms with Crippen molar-refractivity contribution in [2.45, 2.75) is 57.9 Å². The predicted molar refractivity (Wildman–Crippen MR) is 96.1 cm³/mol.